The summed E-state index contributed by atoms with van der Waals surface area (Å²) in [5, 5.41) is 9.36. The second-order valence-electron chi connectivity index (χ2n) is 5.29. The quantitative estimate of drug-likeness (QED) is 0.846. The lowest BCUT2D eigenvalue weighted by molar-refractivity contribution is 0.263. The molecule has 0 saturated carbocycles. The Morgan fingerprint density at radius 2 is 1.61 bits per heavy atom. The minimum absolute atomic E-state index is 0.0718. The lowest BCUT2D eigenvalue weighted by atomic mass is 9.88. The molecule has 0 aromatic heterocycles. The second kappa shape index (κ2) is 6.21. The highest BCUT2D eigenvalue weighted by Crippen LogP contribution is 2.38. The number of ether oxygens (including phenoxy) is 1. The molecule has 3 heteroatoms. The zero-order valence-corrected chi connectivity index (χ0v) is 12.0. The molecule has 18 heavy (non-hydrogen) atoms. The topological polar surface area (TPSA) is 55.5 Å². The van der Waals surface area contributed by atoms with Crippen LogP contribution in [-0.4, -0.2) is 18.8 Å². The maximum atomic E-state index is 9.36. The Labute approximate surface area is 110 Å². The van der Waals surface area contributed by atoms with Crippen LogP contribution in [0.3, 0.4) is 0 Å². The molecule has 1 rings (SSSR count). The molecule has 0 radical (unpaired) electrons. The van der Waals surface area contributed by atoms with Gasteiger partial charge in [0.15, 0.2) is 0 Å². The smallest absolute Gasteiger partial charge is 0.127 e. The van der Waals surface area contributed by atoms with Gasteiger partial charge in [-0.3, -0.25) is 0 Å². The van der Waals surface area contributed by atoms with Crippen LogP contribution in [0, 0.1) is 0 Å². The number of rotatable bonds is 5. The van der Waals surface area contributed by atoms with E-state index in [1.165, 1.54) is 0 Å². The second-order valence-corrected chi connectivity index (χ2v) is 5.29. The third-order valence-corrected chi connectivity index (χ3v) is 3.28. The summed E-state index contributed by atoms with van der Waals surface area (Å²) in [5.41, 5.74) is 9.28. The highest BCUT2D eigenvalue weighted by Gasteiger charge is 2.21. The summed E-state index contributed by atoms with van der Waals surface area (Å²) in [4.78, 5) is 0. The van der Waals surface area contributed by atoms with Crippen LogP contribution >= 0.6 is 0 Å². The van der Waals surface area contributed by atoms with E-state index in [0.29, 0.717) is 11.8 Å². The van der Waals surface area contributed by atoms with Crippen LogP contribution in [0.4, 0.5) is 0 Å². The van der Waals surface area contributed by atoms with E-state index in [1.807, 2.05) is 0 Å². The minimum Gasteiger partial charge on any atom is -0.496 e. The third-order valence-electron chi connectivity index (χ3n) is 3.28. The van der Waals surface area contributed by atoms with Gasteiger partial charge in [-0.1, -0.05) is 39.8 Å². The van der Waals surface area contributed by atoms with Crippen molar-refractivity contribution in [3.8, 4) is 5.75 Å². The maximum absolute atomic E-state index is 9.36. The molecule has 0 aliphatic heterocycles. The number of hydrogen-bond acceptors (Lipinski definition) is 3. The monoisotopic (exact) mass is 251 g/mol. The zero-order valence-electron chi connectivity index (χ0n) is 12.0. The molecule has 0 aliphatic carbocycles. The van der Waals surface area contributed by atoms with Gasteiger partial charge in [0.25, 0.3) is 0 Å². The first-order chi connectivity index (χ1) is 8.43. The van der Waals surface area contributed by atoms with Crippen molar-refractivity contribution < 1.29 is 9.84 Å². The highest BCUT2D eigenvalue weighted by molar-refractivity contribution is 5.50. The van der Waals surface area contributed by atoms with Gasteiger partial charge in [0, 0.05) is 5.56 Å². The van der Waals surface area contributed by atoms with Crippen LogP contribution in [0.25, 0.3) is 0 Å². The molecule has 1 atom stereocenters. The summed E-state index contributed by atoms with van der Waals surface area (Å²) in [6.45, 7) is 8.43. The zero-order chi connectivity index (χ0) is 13.9. The average Bonchev–Trinajstić information content (AvgIpc) is 2.35. The summed E-state index contributed by atoms with van der Waals surface area (Å²) in [6, 6.07) is 3.82. The van der Waals surface area contributed by atoms with Crippen molar-refractivity contribution in [3.63, 3.8) is 0 Å². The molecule has 1 aromatic rings. The number of hydrogen-bond donors (Lipinski definition) is 2. The first-order valence-corrected chi connectivity index (χ1v) is 6.51. The predicted molar refractivity (Wildman–Crippen MR) is 75.2 cm³/mol. The van der Waals surface area contributed by atoms with Crippen molar-refractivity contribution in [3.05, 3.63) is 28.8 Å². The van der Waals surface area contributed by atoms with Crippen LogP contribution in [0.1, 0.15) is 62.3 Å². The van der Waals surface area contributed by atoms with Gasteiger partial charge < -0.3 is 15.6 Å². The molecule has 0 saturated heterocycles. The van der Waals surface area contributed by atoms with E-state index in [9.17, 15) is 5.11 Å². The Morgan fingerprint density at radius 1 is 1.11 bits per heavy atom. The molecule has 3 N–H and O–H groups in total. The molecule has 0 fully saturated rings. The van der Waals surface area contributed by atoms with E-state index < -0.39 is 6.04 Å². The minimum atomic E-state index is -0.393. The fraction of sp³-hybridized carbons (Fsp3) is 0.600. The van der Waals surface area contributed by atoms with Gasteiger partial charge >= 0.3 is 0 Å². The molecule has 0 heterocycles. The Hall–Kier alpha value is -1.06. The fourth-order valence-corrected chi connectivity index (χ4v) is 2.29. The molecule has 102 valence electrons. The predicted octanol–water partition coefficient (Wildman–Crippen LogP) is 2.93. The van der Waals surface area contributed by atoms with Crippen molar-refractivity contribution in [2.24, 2.45) is 5.73 Å². The maximum Gasteiger partial charge on any atom is 0.127 e. The molecule has 0 spiro atoms. The van der Waals surface area contributed by atoms with E-state index >= 15 is 0 Å². The van der Waals surface area contributed by atoms with Crippen LogP contribution in [0.5, 0.6) is 5.75 Å². The number of aliphatic hydroxyl groups excluding tert-OH is 1. The van der Waals surface area contributed by atoms with Gasteiger partial charge in [0.2, 0.25) is 0 Å². The summed E-state index contributed by atoms with van der Waals surface area (Å²) in [5.74, 6) is 1.55. The SMILES string of the molecule is COc1c(C(C)C)ccc(C(C)C)c1C(N)CO. The Kier molecular flexibility index (Phi) is 5.17. The Morgan fingerprint density at radius 3 is 2.00 bits per heavy atom. The van der Waals surface area contributed by atoms with Crippen LogP contribution < -0.4 is 10.5 Å². The van der Waals surface area contributed by atoms with Crippen LogP contribution in [-0.2, 0) is 0 Å². The van der Waals surface area contributed by atoms with Crippen LogP contribution in [0.15, 0.2) is 12.1 Å². The van der Waals surface area contributed by atoms with Crippen LogP contribution in [0.2, 0.25) is 0 Å². The molecular formula is C15H25NO2. The standard InChI is InChI=1S/C15H25NO2/c1-9(2)11-6-7-12(10(3)4)15(18-5)14(11)13(16)8-17/h6-7,9-10,13,17H,8,16H2,1-5H3. The van der Waals surface area contributed by atoms with E-state index in [2.05, 4.69) is 39.8 Å². The van der Waals surface area contributed by atoms with E-state index in [0.717, 1.165) is 22.4 Å². The Balaban J connectivity index is 3.50. The van der Waals surface area contributed by atoms with Gasteiger partial charge in [-0.05, 0) is 23.0 Å². The normalized spacial score (nSPS) is 13.2. The van der Waals surface area contributed by atoms with Crippen molar-refractivity contribution in [2.75, 3.05) is 13.7 Å². The first-order valence-electron chi connectivity index (χ1n) is 6.51. The number of aliphatic hydroxyl groups is 1. The lowest BCUT2D eigenvalue weighted by Gasteiger charge is -2.24. The Bertz CT molecular complexity index is 400. The lowest BCUT2D eigenvalue weighted by Crippen LogP contribution is -2.19. The summed E-state index contributed by atoms with van der Waals surface area (Å²) < 4.78 is 5.56. The molecule has 0 aliphatic rings. The molecular weight excluding hydrogens is 226 g/mol. The summed E-state index contributed by atoms with van der Waals surface area (Å²) in [6.07, 6.45) is 0. The van der Waals surface area contributed by atoms with Crippen molar-refractivity contribution in [1.82, 2.24) is 0 Å². The largest absolute Gasteiger partial charge is 0.496 e. The van der Waals surface area contributed by atoms with Crippen molar-refractivity contribution >= 4 is 0 Å². The highest BCUT2D eigenvalue weighted by atomic mass is 16.5. The van der Waals surface area contributed by atoms with E-state index in [1.54, 1.807) is 7.11 Å². The van der Waals surface area contributed by atoms with Gasteiger partial charge in [-0.25, -0.2) is 0 Å². The average molecular weight is 251 g/mol. The van der Waals surface area contributed by atoms with Gasteiger partial charge in [0.1, 0.15) is 5.75 Å². The summed E-state index contributed by atoms with van der Waals surface area (Å²) >= 11 is 0. The first kappa shape index (κ1) is 15.0. The van der Waals surface area contributed by atoms with E-state index in [-0.39, 0.29) is 6.61 Å². The number of methoxy groups -OCH3 is 1. The number of nitrogens with two attached hydrogens (primary N) is 1. The van der Waals surface area contributed by atoms with E-state index in [4.69, 9.17) is 10.5 Å². The third kappa shape index (κ3) is 2.85. The molecule has 1 aromatic carbocycles. The van der Waals surface area contributed by atoms with Crippen molar-refractivity contribution in [2.45, 2.75) is 45.6 Å². The molecule has 1 unspecified atom stereocenters. The van der Waals surface area contributed by atoms with Gasteiger partial charge in [-0.2, -0.15) is 0 Å². The molecule has 0 bridgehead atoms. The fourth-order valence-electron chi connectivity index (χ4n) is 2.29. The van der Waals surface area contributed by atoms with Gasteiger partial charge in [-0.15, -0.1) is 0 Å². The molecule has 3 nitrogen and oxygen atoms in total. The summed E-state index contributed by atoms with van der Waals surface area (Å²) in [7, 11) is 1.67. The van der Waals surface area contributed by atoms with Crippen molar-refractivity contribution in [1.29, 1.82) is 0 Å². The molecule has 0 amide bonds. The van der Waals surface area contributed by atoms with Gasteiger partial charge in [0.05, 0.1) is 19.8 Å². The number of benzene rings is 1.